The Morgan fingerprint density at radius 3 is 2.83 bits per heavy atom. The van der Waals surface area contributed by atoms with Gasteiger partial charge >= 0.3 is 0 Å². The lowest BCUT2D eigenvalue weighted by atomic mass is 10.0. The third kappa shape index (κ3) is 3.04. The van der Waals surface area contributed by atoms with E-state index in [0.717, 1.165) is 12.5 Å². The highest BCUT2D eigenvalue weighted by Gasteiger charge is 2.21. The molecule has 1 heterocycles. The molecule has 0 aliphatic carbocycles. The van der Waals surface area contributed by atoms with Crippen LogP contribution in [0.2, 0.25) is 0 Å². The number of piperidine rings is 1. The molecule has 2 N–H and O–H groups in total. The van der Waals surface area contributed by atoms with Crippen LogP contribution in [0.15, 0.2) is 18.2 Å². The molecule has 0 bridgehead atoms. The monoisotopic (exact) mass is 254 g/mol. The van der Waals surface area contributed by atoms with Gasteiger partial charge in [-0.1, -0.05) is 6.07 Å². The van der Waals surface area contributed by atoms with Gasteiger partial charge in [-0.2, -0.15) is 0 Å². The van der Waals surface area contributed by atoms with Crippen LogP contribution in [0.4, 0.5) is 8.78 Å². The third-order valence-corrected chi connectivity index (χ3v) is 3.18. The summed E-state index contributed by atoms with van der Waals surface area (Å²) < 4.78 is 26.4. The van der Waals surface area contributed by atoms with E-state index in [2.05, 4.69) is 10.6 Å². The predicted octanol–water partition coefficient (Wildman–Crippen LogP) is 1.89. The Balaban J connectivity index is 1.98. The number of rotatable bonds is 3. The Hall–Kier alpha value is -1.49. The van der Waals surface area contributed by atoms with Crippen molar-refractivity contribution in [3.63, 3.8) is 0 Å². The fourth-order valence-corrected chi connectivity index (χ4v) is 2.17. The van der Waals surface area contributed by atoms with Gasteiger partial charge in [0.1, 0.15) is 11.6 Å². The zero-order chi connectivity index (χ0) is 13.1. The summed E-state index contributed by atoms with van der Waals surface area (Å²) in [5.41, 5.74) is 0.438. The number of nitrogens with one attached hydrogen (secondary N) is 2. The zero-order valence-corrected chi connectivity index (χ0v) is 10.2. The fourth-order valence-electron chi connectivity index (χ4n) is 2.17. The standard InChI is InChI=1S/C13H16F2N2O/c1-8(11-4-2-9(14)6-12(11)15)17-10-3-5-13(18)16-7-10/h2,4,6,8,10,17H,3,5,7H2,1H3,(H,16,18). The predicted molar refractivity (Wildman–Crippen MR) is 63.9 cm³/mol. The second-order valence-corrected chi connectivity index (χ2v) is 4.59. The van der Waals surface area contributed by atoms with Crippen LogP contribution < -0.4 is 10.6 Å². The Labute approximate surface area is 105 Å². The molecule has 0 saturated carbocycles. The maximum Gasteiger partial charge on any atom is 0.220 e. The van der Waals surface area contributed by atoms with Gasteiger partial charge in [0.15, 0.2) is 0 Å². The first-order chi connectivity index (χ1) is 8.56. The molecule has 1 aromatic carbocycles. The van der Waals surface area contributed by atoms with Gasteiger partial charge in [0.2, 0.25) is 5.91 Å². The summed E-state index contributed by atoms with van der Waals surface area (Å²) in [6, 6.07) is 3.49. The summed E-state index contributed by atoms with van der Waals surface area (Å²) >= 11 is 0. The Bertz CT molecular complexity index is 441. The van der Waals surface area contributed by atoms with Crippen molar-refractivity contribution in [3.05, 3.63) is 35.4 Å². The average molecular weight is 254 g/mol. The van der Waals surface area contributed by atoms with Gasteiger partial charge in [-0.15, -0.1) is 0 Å². The second kappa shape index (κ2) is 5.44. The molecule has 0 radical (unpaired) electrons. The SMILES string of the molecule is CC(NC1CCC(=O)NC1)c1ccc(F)cc1F. The maximum atomic E-state index is 13.6. The molecule has 1 fully saturated rings. The van der Waals surface area contributed by atoms with Crippen molar-refractivity contribution in [2.24, 2.45) is 0 Å². The molecule has 18 heavy (non-hydrogen) atoms. The van der Waals surface area contributed by atoms with Crippen LogP contribution in [0.5, 0.6) is 0 Å². The molecule has 5 heteroatoms. The summed E-state index contributed by atoms with van der Waals surface area (Å²) in [6.07, 6.45) is 1.22. The van der Waals surface area contributed by atoms with Crippen LogP contribution in [-0.2, 0) is 4.79 Å². The molecule has 98 valence electrons. The molecular formula is C13H16F2N2O. The van der Waals surface area contributed by atoms with Crippen LogP contribution in [0, 0.1) is 11.6 Å². The normalized spacial score (nSPS) is 21.5. The van der Waals surface area contributed by atoms with E-state index in [1.54, 1.807) is 0 Å². The smallest absolute Gasteiger partial charge is 0.220 e. The van der Waals surface area contributed by atoms with Crippen molar-refractivity contribution >= 4 is 5.91 Å². The van der Waals surface area contributed by atoms with E-state index in [9.17, 15) is 13.6 Å². The average Bonchev–Trinajstić information content (AvgIpc) is 2.32. The number of carbonyl (C=O) groups excluding carboxylic acids is 1. The molecule has 1 saturated heterocycles. The summed E-state index contributed by atoms with van der Waals surface area (Å²) in [7, 11) is 0. The van der Waals surface area contributed by atoms with Crippen molar-refractivity contribution < 1.29 is 13.6 Å². The quantitative estimate of drug-likeness (QED) is 0.865. The molecular weight excluding hydrogens is 238 g/mol. The van der Waals surface area contributed by atoms with Crippen molar-refractivity contribution in [3.8, 4) is 0 Å². The van der Waals surface area contributed by atoms with Gasteiger partial charge in [-0.05, 0) is 19.4 Å². The van der Waals surface area contributed by atoms with Crippen molar-refractivity contribution in [2.75, 3.05) is 6.54 Å². The van der Waals surface area contributed by atoms with E-state index < -0.39 is 11.6 Å². The van der Waals surface area contributed by atoms with Gasteiger partial charge < -0.3 is 10.6 Å². The Morgan fingerprint density at radius 1 is 1.44 bits per heavy atom. The lowest BCUT2D eigenvalue weighted by Crippen LogP contribution is -2.46. The number of carbonyl (C=O) groups is 1. The molecule has 1 aromatic rings. The summed E-state index contributed by atoms with van der Waals surface area (Å²) in [5.74, 6) is -1.07. The maximum absolute atomic E-state index is 13.6. The molecule has 1 aliphatic rings. The first-order valence-electron chi connectivity index (χ1n) is 6.04. The minimum Gasteiger partial charge on any atom is -0.355 e. The zero-order valence-electron chi connectivity index (χ0n) is 10.2. The number of hydrogen-bond acceptors (Lipinski definition) is 2. The molecule has 0 spiro atoms. The van der Waals surface area contributed by atoms with E-state index in [1.165, 1.54) is 12.1 Å². The van der Waals surface area contributed by atoms with Crippen LogP contribution in [0.1, 0.15) is 31.4 Å². The largest absolute Gasteiger partial charge is 0.355 e. The highest BCUT2D eigenvalue weighted by Crippen LogP contribution is 2.19. The molecule has 3 nitrogen and oxygen atoms in total. The summed E-state index contributed by atoms with van der Waals surface area (Å²) in [6.45, 7) is 2.37. The minimum atomic E-state index is -0.576. The third-order valence-electron chi connectivity index (χ3n) is 3.18. The Kier molecular flexibility index (Phi) is 3.91. The summed E-state index contributed by atoms with van der Waals surface area (Å²) in [4.78, 5) is 11.0. The molecule has 2 rings (SSSR count). The molecule has 1 aliphatic heterocycles. The van der Waals surface area contributed by atoms with Crippen molar-refractivity contribution in [1.82, 2.24) is 10.6 Å². The van der Waals surface area contributed by atoms with Gasteiger partial charge in [-0.3, -0.25) is 4.79 Å². The highest BCUT2D eigenvalue weighted by molar-refractivity contribution is 5.76. The highest BCUT2D eigenvalue weighted by atomic mass is 19.1. The first-order valence-corrected chi connectivity index (χ1v) is 6.04. The lowest BCUT2D eigenvalue weighted by molar-refractivity contribution is -0.122. The van der Waals surface area contributed by atoms with Gasteiger partial charge in [0, 0.05) is 36.7 Å². The van der Waals surface area contributed by atoms with E-state index in [4.69, 9.17) is 0 Å². The number of halogens is 2. The van der Waals surface area contributed by atoms with Crippen LogP contribution in [0.3, 0.4) is 0 Å². The van der Waals surface area contributed by atoms with Crippen LogP contribution in [0.25, 0.3) is 0 Å². The van der Waals surface area contributed by atoms with Gasteiger partial charge in [0.25, 0.3) is 0 Å². The van der Waals surface area contributed by atoms with Gasteiger partial charge in [0.05, 0.1) is 0 Å². The van der Waals surface area contributed by atoms with Crippen LogP contribution in [-0.4, -0.2) is 18.5 Å². The van der Waals surface area contributed by atoms with Crippen molar-refractivity contribution in [1.29, 1.82) is 0 Å². The molecule has 1 amide bonds. The van der Waals surface area contributed by atoms with Crippen molar-refractivity contribution in [2.45, 2.75) is 31.8 Å². The lowest BCUT2D eigenvalue weighted by Gasteiger charge is -2.27. The van der Waals surface area contributed by atoms with Gasteiger partial charge in [-0.25, -0.2) is 8.78 Å². The molecule has 0 aromatic heterocycles. The summed E-state index contributed by atoms with van der Waals surface area (Å²) in [5, 5.41) is 6.00. The number of amides is 1. The van der Waals surface area contributed by atoms with E-state index in [1.807, 2.05) is 6.92 Å². The topological polar surface area (TPSA) is 41.1 Å². The Morgan fingerprint density at radius 2 is 2.22 bits per heavy atom. The first kappa shape index (κ1) is 13.0. The van der Waals surface area contributed by atoms with E-state index in [0.29, 0.717) is 18.5 Å². The molecule has 2 atom stereocenters. The van der Waals surface area contributed by atoms with E-state index >= 15 is 0 Å². The van der Waals surface area contributed by atoms with E-state index in [-0.39, 0.29) is 18.0 Å². The number of benzene rings is 1. The fraction of sp³-hybridized carbons (Fsp3) is 0.462. The minimum absolute atomic E-state index is 0.0497. The number of hydrogen-bond donors (Lipinski definition) is 2. The second-order valence-electron chi connectivity index (χ2n) is 4.59. The van der Waals surface area contributed by atoms with Crippen LogP contribution >= 0.6 is 0 Å². The molecule has 2 unspecified atom stereocenters.